The molecule has 1 amide bonds. The Morgan fingerprint density at radius 1 is 1.00 bits per heavy atom. The third kappa shape index (κ3) is 4.24. The topological polar surface area (TPSA) is 63.1 Å². The summed E-state index contributed by atoms with van der Waals surface area (Å²) in [4.78, 5) is 19.3. The number of aryl methyl sites for hydroxylation is 1. The molecule has 0 atom stereocenters. The summed E-state index contributed by atoms with van der Waals surface area (Å²) in [7, 11) is 1.86. The Labute approximate surface area is 201 Å². The van der Waals surface area contributed by atoms with Crippen LogP contribution in [0.3, 0.4) is 0 Å². The van der Waals surface area contributed by atoms with Gasteiger partial charge in [0.05, 0.1) is 18.4 Å². The van der Waals surface area contributed by atoms with Crippen LogP contribution in [0.15, 0.2) is 36.7 Å². The normalized spacial score (nSPS) is 23.9. The Bertz CT molecular complexity index is 1000. The van der Waals surface area contributed by atoms with Crippen LogP contribution in [-0.2, 0) is 11.8 Å². The van der Waals surface area contributed by atoms with Crippen LogP contribution in [0.4, 0.5) is 16.2 Å². The number of carbonyl (C=O) groups excluding carboxylic acids is 1. The molecule has 8 nitrogen and oxygen atoms in total. The molecule has 1 aliphatic carbocycles. The highest BCUT2D eigenvalue weighted by molar-refractivity contribution is 5.90. The molecule has 3 aliphatic heterocycles. The summed E-state index contributed by atoms with van der Waals surface area (Å²) < 4.78 is 13.9. The van der Waals surface area contributed by atoms with Crippen molar-refractivity contribution < 1.29 is 14.3 Å². The zero-order valence-corrected chi connectivity index (χ0v) is 20.1. The van der Waals surface area contributed by atoms with E-state index in [2.05, 4.69) is 39.2 Å². The number of benzene rings is 1. The lowest BCUT2D eigenvalue weighted by Gasteiger charge is -2.41. The highest BCUT2D eigenvalue weighted by atomic mass is 16.6. The van der Waals surface area contributed by atoms with Crippen molar-refractivity contribution in [2.75, 3.05) is 42.5 Å². The first-order valence-electron chi connectivity index (χ1n) is 12.8. The molecule has 1 aromatic heterocycles. The van der Waals surface area contributed by atoms with Gasteiger partial charge in [-0.15, -0.1) is 0 Å². The predicted molar refractivity (Wildman–Crippen MR) is 131 cm³/mol. The average Bonchev–Trinajstić information content (AvgIpc) is 3.38. The van der Waals surface area contributed by atoms with Crippen molar-refractivity contribution in [3.05, 3.63) is 36.7 Å². The monoisotopic (exact) mass is 465 g/mol. The Kier molecular flexibility index (Phi) is 5.63. The molecule has 0 radical (unpaired) electrons. The lowest BCUT2D eigenvalue weighted by Crippen LogP contribution is -2.47. The fourth-order valence-electron chi connectivity index (χ4n) is 5.84. The second-order valence-electron chi connectivity index (χ2n) is 10.4. The van der Waals surface area contributed by atoms with E-state index in [9.17, 15) is 4.79 Å². The van der Waals surface area contributed by atoms with Gasteiger partial charge in [0.25, 0.3) is 0 Å². The molecule has 182 valence electrons. The van der Waals surface area contributed by atoms with E-state index in [1.165, 1.54) is 38.0 Å². The molecule has 2 aromatic rings. The number of likely N-dealkylation sites (tertiary alicyclic amines) is 1. The van der Waals surface area contributed by atoms with Gasteiger partial charge in [-0.2, -0.15) is 5.10 Å². The maximum Gasteiger partial charge on any atom is 0.415 e. The van der Waals surface area contributed by atoms with E-state index in [4.69, 9.17) is 9.47 Å². The summed E-state index contributed by atoms with van der Waals surface area (Å²) in [5, 5.41) is 4.19. The standard InChI is InChI=1S/C26H35N5O3/c1-28-18-22(17-27-28)31-19-26(34-25(31)32)11-15-30(16-12-26)21-5-7-23(8-6-21)33-24-9-13-29(14-10-24)20-3-2-4-20/h5-8,17-18,20,24H,2-4,9-16,19H2,1H3. The smallest absolute Gasteiger partial charge is 0.415 e. The van der Waals surface area contributed by atoms with Gasteiger partial charge in [0, 0.05) is 64.0 Å². The first kappa shape index (κ1) is 21.8. The summed E-state index contributed by atoms with van der Waals surface area (Å²) in [6.07, 6.45) is 11.7. The molecule has 4 fully saturated rings. The minimum atomic E-state index is -0.402. The molecule has 8 heteroatoms. The Hall–Kier alpha value is -2.74. The second-order valence-corrected chi connectivity index (χ2v) is 10.4. The summed E-state index contributed by atoms with van der Waals surface area (Å²) in [6, 6.07) is 9.39. The van der Waals surface area contributed by atoms with Gasteiger partial charge in [-0.25, -0.2) is 4.79 Å². The Morgan fingerprint density at radius 3 is 2.35 bits per heavy atom. The molecular weight excluding hydrogens is 430 g/mol. The van der Waals surface area contributed by atoms with E-state index in [0.29, 0.717) is 12.6 Å². The lowest BCUT2D eigenvalue weighted by molar-refractivity contribution is 0.0366. The van der Waals surface area contributed by atoms with Crippen LogP contribution in [0, 0.1) is 0 Å². The maximum atomic E-state index is 12.5. The first-order valence-corrected chi connectivity index (χ1v) is 12.8. The van der Waals surface area contributed by atoms with Crippen LogP contribution in [-0.4, -0.2) is 71.2 Å². The van der Waals surface area contributed by atoms with Crippen molar-refractivity contribution in [2.24, 2.45) is 7.05 Å². The van der Waals surface area contributed by atoms with Crippen LogP contribution < -0.4 is 14.5 Å². The zero-order chi connectivity index (χ0) is 23.1. The Balaban J connectivity index is 1.01. The van der Waals surface area contributed by atoms with Crippen molar-refractivity contribution in [2.45, 2.75) is 62.7 Å². The SMILES string of the molecule is Cn1cc(N2CC3(CCN(c4ccc(OC5CCN(C6CCC6)CC5)cc4)CC3)OC2=O)cn1. The highest BCUT2D eigenvalue weighted by Crippen LogP contribution is 2.37. The number of amides is 1. The molecule has 6 rings (SSSR count). The highest BCUT2D eigenvalue weighted by Gasteiger charge is 2.47. The molecular formula is C26H35N5O3. The molecule has 3 saturated heterocycles. The van der Waals surface area contributed by atoms with E-state index in [-0.39, 0.29) is 6.09 Å². The van der Waals surface area contributed by atoms with Gasteiger partial charge in [0.1, 0.15) is 17.5 Å². The molecule has 0 bridgehead atoms. The third-order valence-electron chi connectivity index (χ3n) is 8.22. The fraction of sp³-hybridized carbons (Fsp3) is 0.615. The quantitative estimate of drug-likeness (QED) is 0.669. The number of piperidine rings is 2. The second kappa shape index (κ2) is 8.80. The number of rotatable bonds is 5. The summed E-state index contributed by atoms with van der Waals surface area (Å²) in [5.41, 5.74) is 1.60. The van der Waals surface area contributed by atoms with Crippen molar-refractivity contribution in [1.29, 1.82) is 0 Å². The van der Waals surface area contributed by atoms with E-state index in [0.717, 1.165) is 56.3 Å². The minimum absolute atomic E-state index is 0.263. The Morgan fingerprint density at radius 2 is 1.74 bits per heavy atom. The van der Waals surface area contributed by atoms with Crippen LogP contribution in [0.5, 0.6) is 5.75 Å². The zero-order valence-electron chi connectivity index (χ0n) is 20.1. The number of carbonyl (C=O) groups is 1. The van der Waals surface area contributed by atoms with Gasteiger partial charge in [-0.1, -0.05) is 6.42 Å². The summed E-state index contributed by atoms with van der Waals surface area (Å²) in [5.74, 6) is 0.969. The van der Waals surface area contributed by atoms with Crippen LogP contribution in [0.25, 0.3) is 0 Å². The maximum absolute atomic E-state index is 12.5. The first-order chi connectivity index (χ1) is 16.6. The van der Waals surface area contributed by atoms with Crippen molar-refractivity contribution >= 4 is 17.5 Å². The molecule has 1 spiro atoms. The number of anilines is 2. The van der Waals surface area contributed by atoms with Gasteiger partial charge >= 0.3 is 6.09 Å². The molecule has 0 N–H and O–H groups in total. The molecule has 4 aliphatic rings. The molecule has 1 aromatic carbocycles. The van der Waals surface area contributed by atoms with Crippen LogP contribution in [0.1, 0.15) is 44.9 Å². The number of ether oxygens (including phenoxy) is 2. The van der Waals surface area contributed by atoms with Gasteiger partial charge in [0.15, 0.2) is 0 Å². The van der Waals surface area contributed by atoms with Crippen molar-refractivity contribution in [1.82, 2.24) is 14.7 Å². The average molecular weight is 466 g/mol. The lowest BCUT2D eigenvalue weighted by atomic mass is 9.90. The van der Waals surface area contributed by atoms with E-state index >= 15 is 0 Å². The van der Waals surface area contributed by atoms with Crippen LogP contribution in [0.2, 0.25) is 0 Å². The number of nitrogens with zero attached hydrogens (tertiary/aromatic N) is 5. The third-order valence-corrected chi connectivity index (χ3v) is 8.22. The summed E-state index contributed by atoms with van der Waals surface area (Å²) >= 11 is 0. The van der Waals surface area contributed by atoms with E-state index in [1.807, 2.05) is 13.2 Å². The van der Waals surface area contributed by atoms with Gasteiger partial charge in [-0.3, -0.25) is 9.58 Å². The van der Waals surface area contributed by atoms with E-state index in [1.54, 1.807) is 15.8 Å². The molecule has 0 unspecified atom stereocenters. The van der Waals surface area contributed by atoms with Crippen LogP contribution >= 0.6 is 0 Å². The molecule has 34 heavy (non-hydrogen) atoms. The van der Waals surface area contributed by atoms with Gasteiger partial charge in [-0.05, 0) is 49.9 Å². The summed E-state index contributed by atoms with van der Waals surface area (Å²) in [6.45, 7) is 4.68. The minimum Gasteiger partial charge on any atom is -0.490 e. The molecule has 1 saturated carbocycles. The number of hydrogen-bond acceptors (Lipinski definition) is 6. The molecule has 4 heterocycles. The fourth-order valence-corrected chi connectivity index (χ4v) is 5.84. The predicted octanol–water partition coefficient (Wildman–Crippen LogP) is 3.81. The van der Waals surface area contributed by atoms with Gasteiger partial charge < -0.3 is 19.3 Å². The number of hydrogen-bond donors (Lipinski definition) is 0. The van der Waals surface area contributed by atoms with E-state index < -0.39 is 5.60 Å². The van der Waals surface area contributed by atoms with Crippen molar-refractivity contribution in [3.63, 3.8) is 0 Å². The van der Waals surface area contributed by atoms with Gasteiger partial charge in [0.2, 0.25) is 0 Å². The largest absolute Gasteiger partial charge is 0.490 e. The van der Waals surface area contributed by atoms with Crippen molar-refractivity contribution in [3.8, 4) is 5.75 Å². The number of aromatic nitrogens is 2.